The largest absolute Gasteiger partial charge is 0.352 e. The van der Waals surface area contributed by atoms with Gasteiger partial charge in [-0.15, -0.1) is 0 Å². The second-order valence-corrected chi connectivity index (χ2v) is 12.1. The molecular formula is C25H30Cl3N3O4S. The number of sulfonamides is 1. The molecule has 1 N–H and O–H groups in total. The normalized spacial score (nSPS) is 14.9. The SMILES string of the molecule is CCC(C(=O)NC1CCCC1)N(Cc1ccccc1Cl)C(=O)CN(c1cc(Cl)ccc1Cl)S(C)(=O)=O. The predicted octanol–water partition coefficient (Wildman–Crippen LogP) is 5.28. The molecule has 3 rings (SSSR count). The Hall–Kier alpha value is -2.00. The fourth-order valence-electron chi connectivity index (χ4n) is 4.37. The van der Waals surface area contributed by atoms with Crippen LogP contribution in [0.3, 0.4) is 0 Å². The highest BCUT2D eigenvalue weighted by Gasteiger charge is 2.33. The van der Waals surface area contributed by atoms with Crippen molar-refractivity contribution in [3.8, 4) is 0 Å². The van der Waals surface area contributed by atoms with Crippen LogP contribution in [0.1, 0.15) is 44.6 Å². The van der Waals surface area contributed by atoms with Crippen LogP contribution in [0.2, 0.25) is 15.1 Å². The second-order valence-electron chi connectivity index (χ2n) is 8.89. The Labute approximate surface area is 227 Å². The quantitative estimate of drug-likeness (QED) is 0.418. The van der Waals surface area contributed by atoms with Gasteiger partial charge < -0.3 is 10.2 Å². The lowest BCUT2D eigenvalue weighted by Gasteiger charge is -2.33. The molecule has 0 spiro atoms. The molecular weight excluding hydrogens is 545 g/mol. The van der Waals surface area contributed by atoms with E-state index in [1.165, 1.54) is 23.1 Å². The molecule has 1 aliphatic carbocycles. The summed E-state index contributed by atoms with van der Waals surface area (Å²) in [6, 6.07) is 10.7. The van der Waals surface area contributed by atoms with E-state index < -0.39 is 28.5 Å². The maximum Gasteiger partial charge on any atom is 0.244 e. The monoisotopic (exact) mass is 573 g/mol. The van der Waals surface area contributed by atoms with Gasteiger partial charge in [0.1, 0.15) is 12.6 Å². The van der Waals surface area contributed by atoms with E-state index in [9.17, 15) is 18.0 Å². The average Bonchev–Trinajstić information content (AvgIpc) is 3.32. The lowest BCUT2D eigenvalue weighted by molar-refractivity contribution is -0.140. The summed E-state index contributed by atoms with van der Waals surface area (Å²) in [7, 11) is -3.92. The fourth-order valence-corrected chi connectivity index (χ4v) is 5.85. The molecule has 0 bridgehead atoms. The first-order valence-corrected chi connectivity index (χ1v) is 14.8. The number of amides is 2. The van der Waals surface area contributed by atoms with E-state index >= 15 is 0 Å². The van der Waals surface area contributed by atoms with Crippen molar-refractivity contribution in [3.63, 3.8) is 0 Å². The van der Waals surface area contributed by atoms with Crippen molar-refractivity contribution in [2.24, 2.45) is 0 Å². The van der Waals surface area contributed by atoms with Gasteiger partial charge in [0, 0.05) is 22.6 Å². The zero-order chi connectivity index (χ0) is 26.5. The molecule has 2 aromatic carbocycles. The third-order valence-corrected chi connectivity index (χ3v) is 8.29. The van der Waals surface area contributed by atoms with Crippen LogP contribution < -0.4 is 9.62 Å². The first kappa shape index (κ1) is 28.6. The van der Waals surface area contributed by atoms with E-state index in [-0.39, 0.29) is 34.2 Å². The topological polar surface area (TPSA) is 86.8 Å². The predicted molar refractivity (Wildman–Crippen MR) is 145 cm³/mol. The average molecular weight is 575 g/mol. The van der Waals surface area contributed by atoms with Gasteiger partial charge in [0.15, 0.2) is 0 Å². The number of anilines is 1. The summed E-state index contributed by atoms with van der Waals surface area (Å²) in [5.41, 5.74) is 0.729. The number of carbonyl (C=O) groups excluding carboxylic acids is 2. The van der Waals surface area contributed by atoms with Gasteiger partial charge in [-0.05, 0) is 49.1 Å². The van der Waals surface area contributed by atoms with Crippen molar-refractivity contribution < 1.29 is 18.0 Å². The first-order valence-electron chi connectivity index (χ1n) is 11.8. The Morgan fingerprint density at radius 3 is 2.33 bits per heavy atom. The molecule has 1 fully saturated rings. The molecule has 11 heteroatoms. The van der Waals surface area contributed by atoms with E-state index in [1.807, 2.05) is 6.92 Å². The highest BCUT2D eigenvalue weighted by Crippen LogP contribution is 2.31. The summed E-state index contributed by atoms with van der Waals surface area (Å²) in [6.45, 7) is 1.29. The van der Waals surface area contributed by atoms with Crippen LogP contribution in [0.5, 0.6) is 0 Å². The van der Waals surface area contributed by atoms with Crippen LogP contribution in [0.25, 0.3) is 0 Å². The minimum atomic E-state index is -3.92. The number of hydrogen-bond donors (Lipinski definition) is 1. The Bertz CT molecular complexity index is 1200. The lowest BCUT2D eigenvalue weighted by Crippen LogP contribution is -2.53. The summed E-state index contributed by atoms with van der Waals surface area (Å²) >= 11 is 18.7. The van der Waals surface area contributed by atoms with E-state index in [0.29, 0.717) is 17.0 Å². The van der Waals surface area contributed by atoms with Gasteiger partial charge in [-0.3, -0.25) is 13.9 Å². The lowest BCUT2D eigenvalue weighted by atomic mass is 10.1. The second kappa shape index (κ2) is 12.5. The van der Waals surface area contributed by atoms with Gasteiger partial charge in [-0.1, -0.05) is 72.8 Å². The molecule has 2 aromatic rings. The summed E-state index contributed by atoms with van der Waals surface area (Å²) < 4.78 is 26.4. The van der Waals surface area contributed by atoms with E-state index in [1.54, 1.807) is 24.3 Å². The molecule has 1 aliphatic rings. The number of benzene rings is 2. The summed E-state index contributed by atoms with van der Waals surface area (Å²) in [6.07, 6.45) is 5.22. The number of rotatable bonds is 10. The third-order valence-electron chi connectivity index (χ3n) is 6.24. The molecule has 36 heavy (non-hydrogen) atoms. The van der Waals surface area contributed by atoms with Crippen LogP contribution in [0.15, 0.2) is 42.5 Å². The Morgan fingerprint density at radius 1 is 1.06 bits per heavy atom. The molecule has 7 nitrogen and oxygen atoms in total. The highest BCUT2D eigenvalue weighted by molar-refractivity contribution is 7.92. The maximum atomic E-state index is 13.7. The first-order chi connectivity index (χ1) is 17.0. The molecule has 0 aliphatic heterocycles. The minimum Gasteiger partial charge on any atom is -0.352 e. The van der Waals surface area contributed by atoms with Crippen LogP contribution in [-0.2, 0) is 26.2 Å². The smallest absolute Gasteiger partial charge is 0.244 e. The van der Waals surface area contributed by atoms with Gasteiger partial charge in [-0.25, -0.2) is 8.42 Å². The molecule has 196 valence electrons. The van der Waals surface area contributed by atoms with Crippen LogP contribution in [0, 0.1) is 0 Å². The van der Waals surface area contributed by atoms with Crippen molar-refractivity contribution in [1.82, 2.24) is 10.2 Å². The molecule has 2 amide bonds. The Kier molecular flexibility index (Phi) is 9.92. The number of carbonyl (C=O) groups is 2. The van der Waals surface area contributed by atoms with Gasteiger partial charge in [-0.2, -0.15) is 0 Å². The summed E-state index contributed by atoms with van der Waals surface area (Å²) in [5, 5.41) is 3.90. The van der Waals surface area contributed by atoms with Crippen molar-refractivity contribution in [3.05, 3.63) is 63.1 Å². The molecule has 1 atom stereocenters. The molecule has 0 radical (unpaired) electrons. The van der Waals surface area contributed by atoms with Crippen LogP contribution in [0.4, 0.5) is 5.69 Å². The molecule has 1 unspecified atom stereocenters. The zero-order valence-corrected chi connectivity index (χ0v) is 23.3. The van der Waals surface area contributed by atoms with Crippen molar-refractivity contribution in [1.29, 1.82) is 0 Å². The zero-order valence-electron chi connectivity index (χ0n) is 20.2. The number of hydrogen-bond acceptors (Lipinski definition) is 4. The van der Waals surface area contributed by atoms with E-state index in [4.69, 9.17) is 34.8 Å². The highest BCUT2D eigenvalue weighted by atomic mass is 35.5. The van der Waals surface area contributed by atoms with Crippen LogP contribution >= 0.6 is 34.8 Å². The van der Waals surface area contributed by atoms with Gasteiger partial charge in [0.2, 0.25) is 21.8 Å². The maximum absolute atomic E-state index is 13.7. The summed E-state index contributed by atoms with van der Waals surface area (Å²) in [5.74, 6) is -0.832. The third kappa shape index (κ3) is 7.28. The Morgan fingerprint density at radius 2 is 1.72 bits per heavy atom. The molecule has 0 aromatic heterocycles. The molecule has 0 heterocycles. The van der Waals surface area contributed by atoms with Crippen molar-refractivity contribution in [2.75, 3.05) is 17.1 Å². The van der Waals surface area contributed by atoms with Crippen molar-refractivity contribution >= 4 is 62.3 Å². The number of nitrogens with one attached hydrogen (secondary N) is 1. The van der Waals surface area contributed by atoms with Gasteiger partial charge in [0.05, 0.1) is 17.0 Å². The minimum absolute atomic E-state index is 0.0377. The van der Waals surface area contributed by atoms with E-state index in [0.717, 1.165) is 36.2 Å². The number of nitrogens with zero attached hydrogens (tertiary/aromatic N) is 2. The Balaban J connectivity index is 1.96. The van der Waals surface area contributed by atoms with Crippen LogP contribution in [-0.4, -0.2) is 50.0 Å². The number of halogens is 3. The fraction of sp³-hybridized carbons (Fsp3) is 0.440. The molecule has 1 saturated carbocycles. The molecule has 0 saturated heterocycles. The van der Waals surface area contributed by atoms with Gasteiger partial charge in [0.25, 0.3) is 0 Å². The van der Waals surface area contributed by atoms with Crippen molar-refractivity contribution in [2.45, 2.75) is 57.7 Å². The standard InChI is InChI=1S/C25H30Cl3N3O4S/c1-3-22(25(33)29-19-9-5-6-10-19)30(15-17-8-4-7-11-20(17)27)24(32)16-31(36(2,34)35)23-14-18(26)12-13-21(23)28/h4,7-8,11-14,19,22H,3,5-6,9-10,15-16H2,1-2H3,(H,29,33). The van der Waals surface area contributed by atoms with Gasteiger partial charge >= 0.3 is 0 Å². The summed E-state index contributed by atoms with van der Waals surface area (Å²) in [4.78, 5) is 28.4. The van der Waals surface area contributed by atoms with E-state index in [2.05, 4.69) is 5.32 Å².